The van der Waals surface area contributed by atoms with Crippen molar-refractivity contribution in [2.24, 2.45) is 34.1 Å². The number of nitrogens with one attached hydrogen (secondary N) is 4. The molecule has 19 nitrogen and oxygen atoms in total. The van der Waals surface area contributed by atoms with Crippen molar-refractivity contribution in [1.82, 2.24) is 30.9 Å². The van der Waals surface area contributed by atoms with Gasteiger partial charge in [0.25, 0.3) is 0 Å². The molecule has 4 aromatic rings. The highest BCUT2D eigenvalue weighted by atomic mass is 16.5. The Hall–Kier alpha value is -7.22. The Bertz CT molecular complexity index is 3010. The minimum absolute atomic E-state index is 0.000163. The van der Waals surface area contributed by atoms with Gasteiger partial charge in [-0.05, 0) is 99.1 Å². The van der Waals surface area contributed by atoms with Crippen molar-refractivity contribution in [3.8, 4) is 28.3 Å². The molecule has 5 atom stereocenters. The van der Waals surface area contributed by atoms with Gasteiger partial charge in [0.1, 0.15) is 17.2 Å². The standard InChI is InChI=1S/C63H83N9O10/c1-8-64-50-36-53-48(33-40(50)3)58(49-34-41(4)51(65-9-2)37-54(49)82-53)45-21-20-42(35-47(45)62(77)78)61(76)67-25-28-80-30-32-81-31-29-79-27-24-66-56(74)22-23-57(75)71-38-43-15-10-11-16-44(43)60-59(46-17-12-13-18-52(46)71)69-70-72(60)26-14-19-55(73)68-39-63(5,6)7/h10-13,15-18,33-34,36-37,42,45,47-48,58,65H,8-9,14,19-32,35,38-39H2,1-7H3,(H,66,74)(H,67,76)(H,68,73)(H,77,78)/b64-50-. The average molecular weight is 1130 g/mol. The number of para-hydroxylation sites is 1. The number of nitrogens with zero attached hydrogens (tertiary/aromatic N) is 5. The van der Waals surface area contributed by atoms with Crippen LogP contribution in [-0.2, 0) is 51.3 Å². The van der Waals surface area contributed by atoms with Crippen LogP contribution in [0.1, 0.15) is 109 Å². The van der Waals surface area contributed by atoms with Crippen LogP contribution in [0.4, 0.5) is 11.4 Å². The number of rotatable bonds is 26. The number of carboxylic acid groups (broad SMARTS) is 1. The van der Waals surface area contributed by atoms with Gasteiger partial charge in [0.15, 0.2) is 0 Å². The van der Waals surface area contributed by atoms with E-state index in [4.69, 9.17) is 18.9 Å². The third-order valence-corrected chi connectivity index (χ3v) is 15.6. The number of aliphatic carboxylic acids is 1. The third kappa shape index (κ3) is 15.5. The molecule has 2 aliphatic heterocycles. The predicted octanol–water partition coefficient (Wildman–Crippen LogP) is 8.42. The Kier molecular flexibility index (Phi) is 21.3. The summed E-state index contributed by atoms with van der Waals surface area (Å²) in [7, 11) is 0. The van der Waals surface area contributed by atoms with E-state index in [0.29, 0.717) is 83.1 Å². The van der Waals surface area contributed by atoms with Crippen LogP contribution in [0, 0.1) is 36.0 Å². The summed E-state index contributed by atoms with van der Waals surface area (Å²) in [6.45, 7) is 19.6. The molecule has 440 valence electrons. The molecule has 4 amide bonds. The summed E-state index contributed by atoms with van der Waals surface area (Å²) in [5.74, 6) is -1.67. The van der Waals surface area contributed by atoms with Crippen molar-refractivity contribution in [2.75, 3.05) is 82.6 Å². The Morgan fingerprint density at radius 2 is 1.52 bits per heavy atom. The van der Waals surface area contributed by atoms with Crippen LogP contribution >= 0.6 is 0 Å². The number of carboxylic acids is 1. The molecule has 0 spiro atoms. The van der Waals surface area contributed by atoms with Crippen LogP contribution in [0.2, 0.25) is 0 Å². The molecule has 3 heterocycles. The molecule has 5 N–H and O–H groups in total. The largest absolute Gasteiger partial charge is 0.481 e. The van der Waals surface area contributed by atoms with Crippen molar-refractivity contribution >= 4 is 46.7 Å². The summed E-state index contributed by atoms with van der Waals surface area (Å²) >= 11 is 0. The molecular formula is C63H83N9O10. The van der Waals surface area contributed by atoms with E-state index in [1.807, 2.05) is 86.1 Å². The molecular weight excluding hydrogens is 1040 g/mol. The Balaban J connectivity index is 0.713. The number of carbonyl (C=O) groups is 5. The second-order valence-electron chi connectivity index (χ2n) is 22.8. The van der Waals surface area contributed by atoms with Crippen molar-refractivity contribution in [3.05, 3.63) is 101 Å². The smallest absolute Gasteiger partial charge is 0.306 e. The van der Waals surface area contributed by atoms with Gasteiger partial charge in [-0.1, -0.05) is 74.5 Å². The van der Waals surface area contributed by atoms with Crippen LogP contribution in [0.5, 0.6) is 5.75 Å². The van der Waals surface area contributed by atoms with E-state index in [-0.39, 0.29) is 98.9 Å². The Morgan fingerprint density at radius 3 is 2.24 bits per heavy atom. The number of allylic oxidation sites excluding steroid dienone is 3. The van der Waals surface area contributed by atoms with Gasteiger partial charge in [0.2, 0.25) is 23.6 Å². The fourth-order valence-corrected chi connectivity index (χ4v) is 11.6. The number of hydrogen-bond donors (Lipinski definition) is 5. The zero-order valence-corrected chi connectivity index (χ0v) is 48.8. The topological polar surface area (TPSA) is 237 Å². The first kappa shape index (κ1) is 60.9. The van der Waals surface area contributed by atoms with Crippen molar-refractivity contribution in [2.45, 2.75) is 112 Å². The molecule has 1 aromatic heterocycles. The van der Waals surface area contributed by atoms with Crippen LogP contribution in [-0.4, -0.2) is 128 Å². The Morgan fingerprint density at radius 1 is 0.829 bits per heavy atom. The molecule has 8 rings (SSSR count). The summed E-state index contributed by atoms with van der Waals surface area (Å²) in [5.41, 5.74) is 9.70. The normalized spacial score (nSPS) is 19.6. The maximum absolute atomic E-state index is 14.0. The molecule has 3 aromatic carbocycles. The van der Waals surface area contributed by atoms with E-state index >= 15 is 0 Å². The molecule has 2 aliphatic carbocycles. The molecule has 82 heavy (non-hydrogen) atoms. The lowest BCUT2D eigenvalue weighted by Crippen LogP contribution is -2.43. The quantitative estimate of drug-likeness (QED) is 0.0372. The van der Waals surface area contributed by atoms with Crippen molar-refractivity contribution < 1.29 is 48.0 Å². The maximum Gasteiger partial charge on any atom is 0.306 e. The van der Waals surface area contributed by atoms with E-state index < -0.39 is 17.8 Å². The summed E-state index contributed by atoms with van der Waals surface area (Å²) in [6, 6.07) is 19.7. The van der Waals surface area contributed by atoms with Crippen LogP contribution in [0.3, 0.4) is 0 Å². The molecule has 0 radical (unpaired) electrons. The van der Waals surface area contributed by atoms with Gasteiger partial charge < -0.3 is 50.2 Å². The highest BCUT2D eigenvalue weighted by Gasteiger charge is 2.48. The minimum atomic E-state index is -0.889. The summed E-state index contributed by atoms with van der Waals surface area (Å²) in [4.78, 5) is 72.5. The van der Waals surface area contributed by atoms with Gasteiger partial charge in [0.05, 0.1) is 69.2 Å². The summed E-state index contributed by atoms with van der Waals surface area (Å²) < 4.78 is 25.5. The first-order valence-corrected chi connectivity index (χ1v) is 29.2. The molecule has 19 heteroatoms. The number of benzene rings is 3. The lowest BCUT2D eigenvalue weighted by Gasteiger charge is -2.45. The zero-order chi connectivity index (χ0) is 58.3. The highest BCUT2D eigenvalue weighted by molar-refractivity contribution is 6.09. The SMILES string of the molecule is CC/N=C1/C=C2Oc3cc(NCC)c(C)cc3C(C3CCC(C(=O)NCCOCCOCCOCCNC(=O)CCC(=O)N4Cc5ccccc5-c5c(nnn5CCCC(=O)NCC(C)(C)C)-c5ccccc54)CC3C(=O)O)C2C=C1C. The number of aromatic nitrogens is 3. The molecule has 5 unspecified atom stereocenters. The molecule has 0 bridgehead atoms. The van der Waals surface area contributed by atoms with Gasteiger partial charge >= 0.3 is 5.97 Å². The number of hydrogen-bond acceptors (Lipinski definition) is 13. The van der Waals surface area contributed by atoms with E-state index in [0.717, 1.165) is 68.5 Å². The zero-order valence-electron chi connectivity index (χ0n) is 48.8. The lowest BCUT2D eigenvalue weighted by atomic mass is 9.61. The number of ether oxygens (including phenoxy) is 4. The summed E-state index contributed by atoms with van der Waals surface area (Å²) in [5, 5.41) is 32.1. The number of fused-ring (bicyclic) bond motifs is 7. The van der Waals surface area contributed by atoms with Gasteiger partial charge in [0, 0.05) is 105 Å². The lowest BCUT2D eigenvalue weighted by molar-refractivity contribution is -0.147. The molecule has 1 saturated carbocycles. The molecule has 1 fully saturated rings. The van der Waals surface area contributed by atoms with Crippen LogP contribution < -0.4 is 30.9 Å². The number of amides is 4. The highest BCUT2D eigenvalue weighted by Crippen LogP contribution is 2.54. The number of carbonyl (C=O) groups excluding carboxylic acids is 4. The second-order valence-corrected chi connectivity index (χ2v) is 22.8. The van der Waals surface area contributed by atoms with Gasteiger partial charge in [-0.15, -0.1) is 5.10 Å². The maximum atomic E-state index is 14.0. The van der Waals surface area contributed by atoms with Crippen molar-refractivity contribution in [1.29, 1.82) is 0 Å². The number of anilines is 2. The molecule has 0 saturated heterocycles. The fraction of sp³-hybridized carbons (Fsp3) is 0.524. The summed E-state index contributed by atoms with van der Waals surface area (Å²) in [6.07, 6.45) is 6.55. The first-order valence-electron chi connectivity index (χ1n) is 29.2. The average Bonchev–Trinajstić information content (AvgIpc) is 3.96. The van der Waals surface area contributed by atoms with E-state index in [9.17, 15) is 29.1 Å². The van der Waals surface area contributed by atoms with Gasteiger partial charge in [-0.25, -0.2) is 4.68 Å². The van der Waals surface area contributed by atoms with Crippen LogP contribution in [0.25, 0.3) is 22.5 Å². The van der Waals surface area contributed by atoms with E-state index in [1.165, 1.54) is 0 Å². The first-order chi connectivity index (χ1) is 39.5. The van der Waals surface area contributed by atoms with E-state index in [2.05, 4.69) is 76.4 Å². The monoisotopic (exact) mass is 1130 g/mol. The molecule has 4 aliphatic rings. The number of aliphatic imine (C=N–C) groups is 1. The fourth-order valence-electron chi connectivity index (χ4n) is 11.6. The van der Waals surface area contributed by atoms with Gasteiger partial charge in [-0.3, -0.25) is 29.0 Å². The van der Waals surface area contributed by atoms with Gasteiger partial charge in [-0.2, -0.15) is 0 Å². The van der Waals surface area contributed by atoms with Crippen LogP contribution in [0.15, 0.2) is 89.1 Å². The predicted molar refractivity (Wildman–Crippen MR) is 315 cm³/mol. The Labute approximate surface area is 482 Å². The number of aryl methyl sites for hydroxylation is 2. The minimum Gasteiger partial charge on any atom is -0.481 e. The second kappa shape index (κ2) is 28.7. The van der Waals surface area contributed by atoms with Crippen molar-refractivity contribution in [3.63, 3.8) is 0 Å². The van der Waals surface area contributed by atoms with E-state index in [1.54, 1.807) is 4.90 Å². The third-order valence-electron chi connectivity index (χ3n) is 15.6.